The Bertz CT molecular complexity index is 1380. The van der Waals surface area contributed by atoms with Crippen molar-refractivity contribution in [3.8, 4) is 6.07 Å². The van der Waals surface area contributed by atoms with Gasteiger partial charge in [0.05, 0.1) is 17.4 Å². The van der Waals surface area contributed by atoms with Crippen LogP contribution in [0.3, 0.4) is 0 Å². The summed E-state index contributed by atoms with van der Waals surface area (Å²) in [5, 5.41) is 21.4. The molecular formula is C32H35BrN2O2S. The molecule has 1 aromatic heterocycles. The molecule has 0 radical (unpaired) electrons. The van der Waals surface area contributed by atoms with Crippen molar-refractivity contribution in [3.63, 3.8) is 0 Å². The minimum Gasteiger partial charge on any atom is -0.393 e. The second-order valence-corrected chi connectivity index (χ2v) is 14.3. The van der Waals surface area contributed by atoms with Gasteiger partial charge in [-0.25, -0.2) is 4.98 Å². The molecule has 0 amide bonds. The zero-order chi connectivity index (χ0) is 26.8. The maximum atomic E-state index is 12.9. The predicted octanol–water partition coefficient (Wildman–Crippen LogP) is 7.34. The summed E-state index contributed by atoms with van der Waals surface area (Å²) in [6, 6.07) is 9.94. The molecule has 1 N–H and O–H groups in total. The SMILES string of the molecule is Cc1nc(SCC(=O)c2ccc(Br)cc2)c(C#N)c2c1[C@]1(C)CC[C@@H]3[C@H](CC=C4C[C@H](O)CC[C@@]43C)[C@H]1C2. The first-order chi connectivity index (χ1) is 18.2. The highest BCUT2D eigenvalue weighted by molar-refractivity contribution is 9.10. The van der Waals surface area contributed by atoms with Crippen molar-refractivity contribution in [1.29, 1.82) is 5.26 Å². The van der Waals surface area contributed by atoms with E-state index in [1.165, 1.54) is 34.9 Å². The Morgan fingerprint density at radius 2 is 1.89 bits per heavy atom. The van der Waals surface area contributed by atoms with E-state index in [0.29, 0.717) is 33.9 Å². The largest absolute Gasteiger partial charge is 0.393 e. The van der Waals surface area contributed by atoms with Gasteiger partial charge in [-0.1, -0.05) is 65.3 Å². The molecule has 0 spiro atoms. The molecule has 4 nitrogen and oxygen atoms in total. The van der Waals surface area contributed by atoms with E-state index in [-0.39, 0.29) is 28.5 Å². The molecule has 6 rings (SSSR count). The third-order valence-corrected chi connectivity index (χ3v) is 12.0. The van der Waals surface area contributed by atoms with Crippen molar-refractivity contribution in [3.05, 3.63) is 68.3 Å². The summed E-state index contributed by atoms with van der Waals surface area (Å²) >= 11 is 4.82. The highest BCUT2D eigenvalue weighted by atomic mass is 79.9. The van der Waals surface area contributed by atoms with Crippen LogP contribution in [0.1, 0.15) is 85.1 Å². The fourth-order valence-corrected chi connectivity index (χ4v) is 9.85. The molecular weight excluding hydrogens is 556 g/mol. The third-order valence-electron chi connectivity index (χ3n) is 10.5. The summed E-state index contributed by atoms with van der Waals surface area (Å²) in [6.45, 7) is 6.98. The molecule has 0 unspecified atom stereocenters. The number of thioether (sulfide) groups is 1. The van der Waals surface area contributed by atoms with Crippen LogP contribution in [0.25, 0.3) is 0 Å². The number of aliphatic hydroxyl groups excluding tert-OH is 1. The quantitative estimate of drug-likeness (QED) is 0.229. The van der Waals surface area contributed by atoms with Crippen molar-refractivity contribution < 1.29 is 9.90 Å². The van der Waals surface area contributed by atoms with Gasteiger partial charge in [-0.3, -0.25) is 4.79 Å². The summed E-state index contributed by atoms with van der Waals surface area (Å²) in [7, 11) is 0. The van der Waals surface area contributed by atoms with E-state index in [4.69, 9.17) is 4.98 Å². The normalized spacial score (nSPS) is 33.3. The van der Waals surface area contributed by atoms with Crippen LogP contribution in [0.2, 0.25) is 0 Å². The molecule has 198 valence electrons. The van der Waals surface area contributed by atoms with E-state index in [1.54, 1.807) is 0 Å². The van der Waals surface area contributed by atoms with Gasteiger partial charge >= 0.3 is 0 Å². The molecule has 2 aromatic rings. The molecule has 1 aromatic carbocycles. The molecule has 2 fully saturated rings. The van der Waals surface area contributed by atoms with Gasteiger partial charge in [0.2, 0.25) is 0 Å². The number of Topliss-reactive ketones (excluding diaryl/α,β-unsaturated/α-hetero) is 1. The van der Waals surface area contributed by atoms with Gasteiger partial charge in [-0.15, -0.1) is 0 Å². The molecule has 2 saturated carbocycles. The van der Waals surface area contributed by atoms with Gasteiger partial charge in [0, 0.05) is 15.7 Å². The molecule has 4 aliphatic rings. The number of halogens is 1. The monoisotopic (exact) mass is 590 g/mol. The number of aryl methyl sites for hydroxylation is 1. The van der Waals surface area contributed by atoms with Crippen LogP contribution >= 0.6 is 27.7 Å². The number of pyridine rings is 1. The van der Waals surface area contributed by atoms with Crippen LogP contribution in [-0.4, -0.2) is 27.7 Å². The van der Waals surface area contributed by atoms with Crippen LogP contribution in [-0.2, 0) is 11.8 Å². The lowest BCUT2D eigenvalue weighted by Gasteiger charge is -2.57. The number of nitrogens with zero attached hydrogens (tertiary/aromatic N) is 2. The Balaban J connectivity index is 1.31. The molecule has 0 aliphatic heterocycles. The summed E-state index contributed by atoms with van der Waals surface area (Å²) < 4.78 is 0.946. The number of fused-ring (bicyclic) bond motifs is 7. The fraction of sp³-hybridized carbons (Fsp3) is 0.531. The number of ketones is 1. The lowest BCUT2D eigenvalue weighted by Crippen LogP contribution is -2.51. The van der Waals surface area contributed by atoms with E-state index in [2.05, 4.69) is 48.8 Å². The Morgan fingerprint density at radius 3 is 2.63 bits per heavy atom. The van der Waals surface area contributed by atoms with Crippen molar-refractivity contribution >= 4 is 33.5 Å². The number of hydrogen-bond donors (Lipinski definition) is 1. The van der Waals surface area contributed by atoms with Crippen molar-refractivity contribution in [2.24, 2.45) is 23.2 Å². The number of aliphatic hydroxyl groups is 1. The van der Waals surface area contributed by atoms with Gasteiger partial charge in [-0.05, 0) is 104 Å². The Kier molecular flexibility index (Phi) is 6.65. The number of allylic oxidation sites excluding steroid dienone is 1. The molecule has 0 bridgehead atoms. The first-order valence-corrected chi connectivity index (χ1v) is 15.7. The number of carbonyl (C=O) groups is 1. The van der Waals surface area contributed by atoms with Gasteiger partial charge < -0.3 is 5.11 Å². The van der Waals surface area contributed by atoms with E-state index >= 15 is 0 Å². The molecule has 0 saturated heterocycles. The fourth-order valence-electron chi connectivity index (χ4n) is 8.64. The molecule has 6 heteroatoms. The Labute approximate surface area is 238 Å². The number of nitriles is 1. The summed E-state index contributed by atoms with van der Waals surface area (Å²) in [6.07, 6.45) is 9.42. The van der Waals surface area contributed by atoms with Gasteiger partial charge in [-0.2, -0.15) is 5.26 Å². The number of rotatable bonds is 4. The second kappa shape index (κ2) is 9.61. The van der Waals surface area contributed by atoms with Crippen molar-refractivity contribution in [2.45, 2.75) is 82.3 Å². The van der Waals surface area contributed by atoms with E-state index in [0.717, 1.165) is 48.7 Å². The number of aromatic nitrogens is 1. The van der Waals surface area contributed by atoms with Crippen LogP contribution in [0, 0.1) is 41.4 Å². The van der Waals surface area contributed by atoms with Gasteiger partial charge in [0.1, 0.15) is 11.1 Å². The zero-order valence-electron chi connectivity index (χ0n) is 22.4. The Morgan fingerprint density at radius 1 is 1.16 bits per heavy atom. The maximum absolute atomic E-state index is 12.9. The molecule has 1 heterocycles. The number of carbonyl (C=O) groups excluding carboxylic acids is 1. The van der Waals surface area contributed by atoms with Crippen LogP contribution < -0.4 is 0 Å². The molecule has 4 aliphatic carbocycles. The summed E-state index contributed by atoms with van der Waals surface area (Å²) in [5.41, 5.74) is 6.59. The highest BCUT2D eigenvalue weighted by Gasteiger charge is 2.58. The highest BCUT2D eigenvalue weighted by Crippen LogP contribution is 2.64. The van der Waals surface area contributed by atoms with Gasteiger partial charge in [0.25, 0.3) is 0 Å². The minimum atomic E-state index is -0.186. The second-order valence-electron chi connectivity index (χ2n) is 12.4. The lowest BCUT2D eigenvalue weighted by atomic mass is 9.47. The standard InChI is InChI=1S/C32H35BrN2O2S/c1-18-29-24(25(16-34)30(35-18)38-17-28(37)19-4-7-21(33)8-5-19)15-27-23-9-6-20-14-22(36)10-12-31(20,2)26(23)11-13-32(27,29)3/h4-8,22-23,26-27,36H,9-15,17H2,1-3H3/t22-,23+,26-,27-,31+,32-/m1/s1. The van der Waals surface area contributed by atoms with Crippen LogP contribution in [0.5, 0.6) is 0 Å². The predicted molar refractivity (Wildman–Crippen MR) is 154 cm³/mol. The maximum Gasteiger partial charge on any atom is 0.173 e. The summed E-state index contributed by atoms with van der Waals surface area (Å²) in [5.74, 6) is 2.04. The smallest absolute Gasteiger partial charge is 0.173 e. The zero-order valence-corrected chi connectivity index (χ0v) is 24.8. The first kappa shape index (κ1) is 26.3. The molecule has 6 atom stereocenters. The van der Waals surface area contributed by atoms with Crippen LogP contribution in [0.4, 0.5) is 0 Å². The topological polar surface area (TPSA) is 74.0 Å². The van der Waals surface area contributed by atoms with Crippen molar-refractivity contribution in [2.75, 3.05) is 5.75 Å². The Hall–Kier alpha value is -1.94. The van der Waals surface area contributed by atoms with Crippen molar-refractivity contribution in [1.82, 2.24) is 4.98 Å². The van der Waals surface area contributed by atoms with E-state index < -0.39 is 0 Å². The van der Waals surface area contributed by atoms with E-state index in [1.807, 2.05) is 24.3 Å². The van der Waals surface area contributed by atoms with Gasteiger partial charge in [0.15, 0.2) is 5.78 Å². The number of hydrogen-bond acceptors (Lipinski definition) is 5. The molecule has 38 heavy (non-hydrogen) atoms. The lowest BCUT2D eigenvalue weighted by molar-refractivity contribution is -0.0164. The number of benzene rings is 1. The average Bonchev–Trinajstić information content (AvgIpc) is 3.22. The average molecular weight is 592 g/mol. The summed E-state index contributed by atoms with van der Waals surface area (Å²) in [4.78, 5) is 17.8. The first-order valence-electron chi connectivity index (χ1n) is 13.9. The van der Waals surface area contributed by atoms with Crippen LogP contribution in [0.15, 0.2) is 45.4 Å². The minimum absolute atomic E-state index is 0.0332. The third kappa shape index (κ3) is 4.03. The van der Waals surface area contributed by atoms with E-state index in [9.17, 15) is 15.2 Å².